The van der Waals surface area contributed by atoms with Gasteiger partial charge in [-0.3, -0.25) is 14.5 Å². The minimum absolute atomic E-state index is 0.0534. The Hall–Kier alpha value is -1.18. The molecule has 0 saturated carbocycles. The van der Waals surface area contributed by atoms with Crippen LogP contribution < -0.4 is 5.32 Å². The van der Waals surface area contributed by atoms with Gasteiger partial charge in [0, 0.05) is 39.3 Å². The molecule has 132 valence electrons. The zero-order valence-corrected chi connectivity index (χ0v) is 14.0. The highest BCUT2D eigenvalue weighted by Crippen LogP contribution is 2.24. The molecular formula is C16H29N3O4. The van der Waals surface area contributed by atoms with Crippen LogP contribution in [-0.4, -0.2) is 85.8 Å². The molecule has 0 aromatic rings. The SMILES string of the molecule is COCCNC(=O)[C@H]1CCCN(C2CCN(C(=O)CO)CC2)C1. The lowest BCUT2D eigenvalue weighted by Crippen LogP contribution is -2.52. The molecule has 1 atom stereocenters. The van der Waals surface area contributed by atoms with Crippen LogP contribution in [0.25, 0.3) is 0 Å². The van der Waals surface area contributed by atoms with Crippen molar-refractivity contribution in [1.29, 1.82) is 0 Å². The summed E-state index contributed by atoms with van der Waals surface area (Å²) in [5, 5.41) is 11.9. The molecule has 2 heterocycles. The second-order valence-electron chi connectivity index (χ2n) is 6.39. The number of carbonyl (C=O) groups is 2. The Morgan fingerprint density at radius 2 is 1.96 bits per heavy atom. The summed E-state index contributed by atoms with van der Waals surface area (Å²) in [6, 6.07) is 0.437. The largest absolute Gasteiger partial charge is 0.387 e. The van der Waals surface area contributed by atoms with Crippen LogP contribution in [0.15, 0.2) is 0 Å². The quantitative estimate of drug-likeness (QED) is 0.640. The number of rotatable bonds is 6. The first-order valence-corrected chi connectivity index (χ1v) is 8.55. The molecule has 2 aliphatic heterocycles. The summed E-state index contributed by atoms with van der Waals surface area (Å²) in [5.74, 6) is -0.00477. The van der Waals surface area contributed by atoms with E-state index in [1.807, 2.05) is 0 Å². The van der Waals surface area contributed by atoms with Crippen LogP contribution in [-0.2, 0) is 14.3 Å². The average Bonchev–Trinajstić information content (AvgIpc) is 2.61. The molecule has 0 aromatic carbocycles. The van der Waals surface area contributed by atoms with E-state index in [0.717, 1.165) is 38.8 Å². The molecule has 0 spiro atoms. The number of amides is 2. The molecular weight excluding hydrogens is 298 g/mol. The minimum atomic E-state index is -0.405. The third-order valence-corrected chi connectivity index (χ3v) is 4.90. The highest BCUT2D eigenvalue weighted by Gasteiger charge is 2.32. The third kappa shape index (κ3) is 5.16. The van der Waals surface area contributed by atoms with Crippen molar-refractivity contribution in [3.05, 3.63) is 0 Å². The van der Waals surface area contributed by atoms with Gasteiger partial charge in [0.25, 0.3) is 0 Å². The maximum atomic E-state index is 12.2. The van der Waals surface area contributed by atoms with Crippen molar-refractivity contribution in [2.45, 2.75) is 31.7 Å². The Morgan fingerprint density at radius 3 is 2.61 bits per heavy atom. The number of nitrogens with zero attached hydrogens (tertiary/aromatic N) is 2. The maximum Gasteiger partial charge on any atom is 0.248 e. The van der Waals surface area contributed by atoms with E-state index in [-0.39, 0.29) is 17.7 Å². The van der Waals surface area contributed by atoms with Crippen LogP contribution >= 0.6 is 0 Å². The number of hydrogen-bond acceptors (Lipinski definition) is 5. The van der Waals surface area contributed by atoms with Gasteiger partial charge in [-0.05, 0) is 32.2 Å². The normalized spacial score (nSPS) is 23.7. The molecule has 2 aliphatic rings. The van der Waals surface area contributed by atoms with E-state index in [1.165, 1.54) is 0 Å². The first-order chi connectivity index (χ1) is 11.2. The Kier molecular flexibility index (Phi) is 7.26. The monoisotopic (exact) mass is 327 g/mol. The number of hydrogen-bond donors (Lipinski definition) is 2. The second kappa shape index (κ2) is 9.20. The molecule has 0 aliphatic carbocycles. The Bertz CT molecular complexity index is 397. The van der Waals surface area contributed by atoms with Gasteiger partial charge in [-0.25, -0.2) is 0 Å². The summed E-state index contributed by atoms with van der Waals surface area (Å²) in [6.07, 6.45) is 3.82. The molecule has 0 aromatic heterocycles. The smallest absolute Gasteiger partial charge is 0.248 e. The number of nitrogens with one attached hydrogen (secondary N) is 1. The van der Waals surface area contributed by atoms with Crippen molar-refractivity contribution in [2.24, 2.45) is 5.92 Å². The summed E-state index contributed by atoms with van der Waals surface area (Å²) < 4.78 is 4.96. The Morgan fingerprint density at radius 1 is 1.22 bits per heavy atom. The number of piperidine rings is 2. The number of aliphatic hydroxyl groups is 1. The zero-order chi connectivity index (χ0) is 16.7. The molecule has 2 amide bonds. The first-order valence-electron chi connectivity index (χ1n) is 8.55. The van der Waals surface area contributed by atoms with Crippen molar-refractivity contribution >= 4 is 11.8 Å². The number of likely N-dealkylation sites (tertiary alicyclic amines) is 2. The molecule has 7 heteroatoms. The van der Waals surface area contributed by atoms with Gasteiger partial charge in [0.05, 0.1) is 12.5 Å². The van der Waals surface area contributed by atoms with Gasteiger partial charge in [-0.2, -0.15) is 0 Å². The van der Waals surface area contributed by atoms with Crippen LogP contribution in [0.3, 0.4) is 0 Å². The van der Waals surface area contributed by atoms with Crippen LogP contribution in [0.4, 0.5) is 0 Å². The van der Waals surface area contributed by atoms with E-state index >= 15 is 0 Å². The highest BCUT2D eigenvalue weighted by molar-refractivity contribution is 5.79. The van der Waals surface area contributed by atoms with Gasteiger partial charge in [-0.15, -0.1) is 0 Å². The van der Waals surface area contributed by atoms with E-state index in [2.05, 4.69) is 10.2 Å². The fourth-order valence-electron chi connectivity index (χ4n) is 3.55. The van der Waals surface area contributed by atoms with Gasteiger partial charge in [0.2, 0.25) is 11.8 Å². The molecule has 2 rings (SSSR count). The molecule has 2 saturated heterocycles. The highest BCUT2D eigenvalue weighted by atomic mass is 16.5. The molecule has 0 unspecified atom stereocenters. The summed E-state index contributed by atoms with van der Waals surface area (Å²) in [4.78, 5) is 27.9. The number of aliphatic hydroxyl groups excluding tert-OH is 1. The summed E-state index contributed by atoms with van der Waals surface area (Å²) in [6.45, 7) is 3.93. The van der Waals surface area contributed by atoms with Crippen LogP contribution in [0, 0.1) is 5.92 Å². The van der Waals surface area contributed by atoms with Crippen LogP contribution in [0.1, 0.15) is 25.7 Å². The molecule has 2 N–H and O–H groups in total. The molecule has 23 heavy (non-hydrogen) atoms. The predicted octanol–water partition coefficient (Wildman–Crippen LogP) is -0.556. The third-order valence-electron chi connectivity index (χ3n) is 4.90. The van der Waals surface area contributed by atoms with Crippen LogP contribution in [0.5, 0.6) is 0 Å². The lowest BCUT2D eigenvalue weighted by Gasteiger charge is -2.42. The zero-order valence-electron chi connectivity index (χ0n) is 14.0. The average molecular weight is 327 g/mol. The van der Waals surface area contributed by atoms with Crippen molar-refractivity contribution in [3.8, 4) is 0 Å². The standard InChI is InChI=1S/C16H29N3O4/c1-23-10-6-17-16(22)13-3-2-7-19(11-13)14-4-8-18(9-5-14)15(21)12-20/h13-14,20H,2-12H2,1H3,(H,17,22)/t13-/m0/s1. The van der Waals surface area contributed by atoms with E-state index in [4.69, 9.17) is 9.84 Å². The van der Waals surface area contributed by atoms with E-state index in [0.29, 0.717) is 32.3 Å². The minimum Gasteiger partial charge on any atom is -0.387 e. The molecule has 0 bridgehead atoms. The maximum absolute atomic E-state index is 12.2. The summed E-state index contributed by atoms with van der Waals surface area (Å²) in [5.41, 5.74) is 0. The fourth-order valence-corrected chi connectivity index (χ4v) is 3.55. The molecule has 0 radical (unpaired) electrons. The van der Waals surface area contributed by atoms with Gasteiger partial charge < -0.3 is 20.1 Å². The lowest BCUT2D eigenvalue weighted by molar-refractivity contribution is -0.135. The van der Waals surface area contributed by atoms with Crippen molar-refractivity contribution in [1.82, 2.24) is 15.1 Å². The lowest BCUT2D eigenvalue weighted by atomic mass is 9.93. The number of methoxy groups -OCH3 is 1. The van der Waals surface area contributed by atoms with Crippen molar-refractivity contribution < 1.29 is 19.4 Å². The van der Waals surface area contributed by atoms with E-state index in [9.17, 15) is 9.59 Å². The summed E-state index contributed by atoms with van der Waals surface area (Å²) in [7, 11) is 1.63. The number of carbonyl (C=O) groups excluding carboxylic acids is 2. The predicted molar refractivity (Wildman–Crippen MR) is 85.9 cm³/mol. The van der Waals surface area contributed by atoms with Crippen molar-refractivity contribution in [3.63, 3.8) is 0 Å². The number of ether oxygens (including phenoxy) is 1. The molecule has 2 fully saturated rings. The van der Waals surface area contributed by atoms with Gasteiger partial charge in [0.15, 0.2) is 0 Å². The summed E-state index contributed by atoms with van der Waals surface area (Å²) >= 11 is 0. The second-order valence-corrected chi connectivity index (χ2v) is 6.39. The first kappa shape index (κ1) is 18.2. The van der Waals surface area contributed by atoms with Gasteiger partial charge in [-0.1, -0.05) is 0 Å². The van der Waals surface area contributed by atoms with E-state index < -0.39 is 6.61 Å². The molecule has 7 nitrogen and oxygen atoms in total. The Labute approximate surface area is 138 Å². The Balaban J connectivity index is 1.78. The van der Waals surface area contributed by atoms with E-state index in [1.54, 1.807) is 12.0 Å². The van der Waals surface area contributed by atoms with Crippen molar-refractivity contribution in [2.75, 3.05) is 53.0 Å². The van der Waals surface area contributed by atoms with Gasteiger partial charge in [0.1, 0.15) is 6.61 Å². The fraction of sp³-hybridized carbons (Fsp3) is 0.875. The topological polar surface area (TPSA) is 82.1 Å². The van der Waals surface area contributed by atoms with Crippen LogP contribution in [0.2, 0.25) is 0 Å². The van der Waals surface area contributed by atoms with Gasteiger partial charge >= 0.3 is 0 Å².